The predicted molar refractivity (Wildman–Crippen MR) is 322 cm³/mol. The van der Waals surface area contributed by atoms with E-state index in [0.717, 1.165) is 65.0 Å². The molecule has 74 heavy (non-hydrogen) atoms. The molecule has 2 atom stereocenters. The van der Waals surface area contributed by atoms with Gasteiger partial charge in [0.25, 0.3) is 0 Å². The van der Waals surface area contributed by atoms with Crippen LogP contribution in [0.15, 0.2) is 0 Å². The highest BCUT2D eigenvalue weighted by molar-refractivity contribution is 5.76. The standard InChI is InChI=1S/C64H132N6O4/c1-5-9-13-17-21-25-27-29-31-35-39-43-53-69(59-61(71)57-65-51-47-63(73)67-49-41-37-33-23-19-15-11-7-3)55-45-46-56-70(54-44-40-36-32-30-28-26-22-18-14-10-6-2)60-62(72)58-66-52-48-64(74)68-50-42-38-34-24-20-16-12-8-4/h61-62,65-66,71-72H,5-60H2,1-4H3,(H,67,73)(H,68,74). The van der Waals surface area contributed by atoms with Gasteiger partial charge in [-0.25, -0.2) is 0 Å². The van der Waals surface area contributed by atoms with Crippen LogP contribution in [0.4, 0.5) is 0 Å². The second-order valence-corrected chi connectivity index (χ2v) is 23.0. The summed E-state index contributed by atoms with van der Waals surface area (Å²) in [6.45, 7) is 18.1. The van der Waals surface area contributed by atoms with Gasteiger partial charge in [0.1, 0.15) is 0 Å². The number of unbranched alkanes of at least 4 members (excludes halogenated alkanes) is 37. The molecule has 0 rings (SSSR count). The Balaban J connectivity index is 5.02. The molecule has 0 aromatic rings. The molecule has 10 heteroatoms. The third kappa shape index (κ3) is 56.9. The molecule has 0 aromatic carbocycles. The molecule has 2 amide bonds. The van der Waals surface area contributed by atoms with Gasteiger partial charge in [0, 0.05) is 65.2 Å². The molecule has 0 saturated carbocycles. The molecule has 0 fully saturated rings. The summed E-state index contributed by atoms with van der Waals surface area (Å²) in [6.07, 6.45) is 54.5. The number of rotatable bonds is 63. The summed E-state index contributed by atoms with van der Waals surface area (Å²) in [5, 5.41) is 35.3. The lowest BCUT2D eigenvalue weighted by molar-refractivity contribution is -0.121. The Labute approximate surface area is 461 Å². The largest absolute Gasteiger partial charge is 0.390 e. The minimum Gasteiger partial charge on any atom is -0.390 e. The van der Waals surface area contributed by atoms with Crippen LogP contribution in [0.1, 0.15) is 310 Å². The molecule has 0 aliphatic rings. The van der Waals surface area contributed by atoms with Gasteiger partial charge < -0.3 is 41.3 Å². The number of amides is 2. The molecule has 6 N–H and O–H groups in total. The fraction of sp³-hybridized carbons (Fsp3) is 0.969. The molecule has 0 saturated heterocycles. The summed E-state index contributed by atoms with van der Waals surface area (Å²) >= 11 is 0. The van der Waals surface area contributed by atoms with E-state index >= 15 is 0 Å². The first-order chi connectivity index (χ1) is 36.4. The van der Waals surface area contributed by atoms with Gasteiger partial charge in [-0.2, -0.15) is 0 Å². The summed E-state index contributed by atoms with van der Waals surface area (Å²) < 4.78 is 0. The molecular formula is C64H132N6O4. The minimum atomic E-state index is -0.473. The number of nitrogens with one attached hydrogen (secondary N) is 4. The van der Waals surface area contributed by atoms with Gasteiger partial charge in [-0.1, -0.05) is 259 Å². The summed E-state index contributed by atoms with van der Waals surface area (Å²) in [6, 6.07) is 0. The van der Waals surface area contributed by atoms with Gasteiger partial charge in [-0.15, -0.1) is 0 Å². The molecule has 0 radical (unpaired) electrons. The number of carbonyl (C=O) groups excluding carboxylic acids is 2. The fourth-order valence-electron chi connectivity index (χ4n) is 10.4. The highest BCUT2D eigenvalue weighted by Gasteiger charge is 2.15. The second-order valence-electron chi connectivity index (χ2n) is 23.0. The maximum atomic E-state index is 12.5. The third-order valence-corrected chi connectivity index (χ3v) is 15.3. The van der Waals surface area contributed by atoms with Crippen LogP contribution in [0.2, 0.25) is 0 Å². The van der Waals surface area contributed by atoms with E-state index in [1.54, 1.807) is 0 Å². The number of hydrogen-bond donors (Lipinski definition) is 6. The van der Waals surface area contributed by atoms with Gasteiger partial charge in [0.05, 0.1) is 12.2 Å². The molecular weight excluding hydrogens is 917 g/mol. The van der Waals surface area contributed by atoms with E-state index in [1.165, 1.54) is 244 Å². The lowest BCUT2D eigenvalue weighted by atomic mass is 10.1. The molecule has 10 nitrogen and oxygen atoms in total. The van der Waals surface area contributed by atoms with Crippen LogP contribution < -0.4 is 21.3 Å². The van der Waals surface area contributed by atoms with E-state index in [4.69, 9.17) is 0 Å². The van der Waals surface area contributed by atoms with Crippen LogP contribution in [-0.2, 0) is 9.59 Å². The smallest absolute Gasteiger partial charge is 0.221 e. The molecule has 0 bridgehead atoms. The Morgan fingerprint density at radius 1 is 0.311 bits per heavy atom. The van der Waals surface area contributed by atoms with E-state index in [2.05, 4.69) is 58.8 Å². The van der Waals surface area contributed by atoms with Crippen LogP contribution in [0.25, 0.3) is 0 Å². The Bertz CT molecular complexity index is 1030. The first-order valence-electron chi connectivity index (χ1n) is 33.1. The van der Waals surface area contributed by atoms with Crippen molar-refractivity contribution in [3.05, 3.63) is 0 Å². The number of nitrogens with zero attached hydrogens (tertiary/aromatic N) is 2. The quantitative estimate of drug-likeness (QED) is 0.0332. The lowest BCUT2D eigenvalue weighted by Gasteiger charge is -2.27. The normalized spacial score (nSPS) is 12.6. The third-order valence-electron chi connectivity index (χ3n) is 15.3. The first kappa shape index (κ1) is 72.7. The van der Waals surface area contributed by atoms with Gasteiger partial charge in [-0.05, 0) is 64.7 Å². The van der Waals surface area contributed by atoms with Crippen LogP contribution in [-0.4, -0.2) is 123 Å². The lowest BCUT2D eigenvalue weighted by Crippen LogP contribution is -2.41. The zero-order chi connectivity index (χ0) is 53.9. The van der Waals surface area contributed by atoms with E-state index in [-0.39, 0.29) is 11.8 Å². The predicted octanol–water partition coefficient (Wildman–Crippen LogP) is 15.0. The molecule has 0 aromatic heterocycles. The molecule has 0 heterocycles. The highest BCUT2D eigenvalue weighted by atomic mass is 16.3. The van der Waals surface area contributed by atoms with E-state index in [9.17, 15) is 19.8 Å². The van der Waals surface area contributed by atoms with Crippen LogP contribution in [0, 0.1) is 0 Å². The van der Waals surface area contributed by atoms with E-state index in [1.807, 2.05) is 0 Å². The van der Waals surface area contributed by atoms with Crippen molar-refractivity contribution in [2.24, 2.45) is 0 Å². The first-order valence-corrected chi connectivity index (χ1v) is 33.1. The average molecular weight is 1050 g/mol. The maximum Gasteiger partial charge on any atom is 0.221 e. The molecule has 0 spiro atoms. The van der Waals surface area contributed by atoms with Crippen LogP contribution in [0.5, 0.6) is 0 Å². The Kier molecular flexibility index (Phi) is 59.9. The highest BCUT2D eigenvalue weighted by Crippen LogP contribution is 2.15. The molecule has 0 aliphatic carbocycles. The van der Waals surface area contributed by atoms with Crippen molar-refractivity contribution in [2.75, 3.05) is 78.5 Å². The molecule has 442 valence electrons. The fourth-order valence-corrected chi connectivity index (χ4v) is 10.4. The number of aliphatic hydroxyl groups is 2. The monoisotopic (exact) mass is 1050 g/mol. The van der Waals surface area contributed by atoms with E-state index in [0.29, 0.717) is 52.1 Å². The van der Waals surface area contributed by atoms with E-state index < -0.39 is 12.2 Å². The Hall–Kier alpha value is -1.30. The van der Waals surface area contributed by atoms with Crippen molar-refractivity contribution in [3.63, 3.8) is 0 Å². The topological polar surface area (TPSA) is 129 Å². The Morgan fingerprint density at radius 2 is 0.527 bits per heavy atom. The number of hydrogen-bond acceptors (Lipinski definition) is 8. The van der Waals surface area contributed by atoms with Gasteiger partial charge in [0.15, 0.2) is 0 Å². The zero-order valence-electron chi connectivity index (χ0n) is 50.4. The summed E-state index contributed by atoms with van der Waals surface area (Å²) in [4.78, 5) is 29.9. The van der Waals surface area contributed by atoms with Crippen molar-refractivity contribution in [1.82, 2.24) is 31.1 Å². The second kappa shape index (κ2) is 60.9. The van der Waals surface area contributed by atoms with Gasteiger partial charge in [-0.3, -0.25) is 9.59 Å². The van der Waals surface area contributed by atoms with Crippen molar-refractivity contribution in [2.45, 2.75) is 322 Å². The SMILES string of the molecule is CCCCCCCCCCCCCCN(CCCCN(CCCCCCCCCCCCCC)CC(O)CNCCC(=O)NCCCCCCCCCC)CC(O)CNCCC(=O)NCCCCCCCCCC. The summed E-state index contributed by atoms with van der Waals surface area (Å²) in [5.41, 5.74) is 0. The van der Waals surface area contributed by atoms with Crippen molar-refractivity contribution in [1.29, 1.82) is 0 Å². The maximum absolute atomic E-state index is 12.5. The van der Waals surface area contributed by atoms with Crippen molar-refractivity contribution >= 4 is 11.8 Å². The number of carbonyl (C=O) groups is 2. The molecule has 2 unspecified atom stereocenters. The van der Waals surface area contributed by atoms with Crippen molar-refractivity contribution < 1.29 is 19.8 Å². The van der Waals surface area contributed by atoms with Crippen LogP contribution in [0.3, 0.4) is 0 Å². The zero-order valence-corrected chi connectivity index (χ0v) is 50.4. The minimum absolute atomic E-state index is 0.101. The van der Waals surface area contributed by atoms with Crippen LogP contribution >= 0.6 is 0 Å². The van der Waals surface area contributed by atoms with Crippen molar-refractivity contribution in [3.8, 4) is 0 Å². The average Bonchev–Trinajstić information content (AvgIpc) is 3.39. The van der Waals surface area contributed by atoms with Gasteiger partial charge in [0.2, 0.25) is 11.8 Å². The van der Waals surface area contributed by atoms with Gasteiger partial charge >= 0.3 is 0 Å². The number of aliphatic hydroxyl groups excluding tert-OH is 2. The summed E-state index contributed by atoms with van der Waals surface area (Å²) in [7, 11) is 0. The summed E-state index contributed by atoms with van der Waals surface area (Å²) in [5.74, 6) is 0.202. The molecule has 0 aliphatic heterocycles. The Morgan fingerprint density at radius 3 is 0.784 bits per heavy atom.